The molecule has 0 spiro atoms. The number of fused-ring (bicyclic) bond motifs is 2. The smallest absolute Gasteiger partial charge is 0.405 e. The molecular weight excluding hydrogens is 748 g/mol. The molecule has 0 bridgehead atoms. The number of aryl methyl sites for hydroxylation is 1. The van der Waals surface area contributed by atoms with Crippen LogP contribution in [0.25, 0.3) is 27.5 Å². The fourth-order valence-corrected chi connectivity index (χ4v) is 7.26. The fourth-order valence-electron chi connectivity index (χ4n) is 5.95. The summed E-state index contributed by atoms with van der Waals surface area (Å²) in [5.74, 6) is -2.63. The molecule has 4 aromatic carbocycles. The van der Waals surface area contributed by atoms with E-state index < -0.39 is 56.6 Å². The maximum atomic E-state index is 14.8. The number of sulfonamides is 1. The van der Waals surface area contributed by atoms with Crippen LogP contribution in [0, 0.1) is 17.5 Å². The molecule has 12 nitrogen and oxygen atoms in total. The van der Waals surface area contributed by atoms with Gasteiger partial charge in [0.15, 0.2) is 5.82 Å². The van der Waals surface area contributed by atoms with E-state index in [1.807, 2.05) is 0 Å². The maximum Gasteiger partial charge on any atom is 0.405 e. The highest BCUT2D eigenvalue weighted by Gasteiger charge is 2.30. The van der Waals surface area contributed by atoms with Crippen molar-refractivity contribution in [2.75, 3.05) is 17.7 Å². The van der Waals surface area contributed by atoms with Gasteiger partial charge in [-0.05, 0) is 59.7 Å². The van der Waals surface area contributed by atoms with Gasteiger partial charge in [0.1, 0.15) is 29.0 Å². The molecule has 0 aliphatic heterocycles. The van der Waals surface area contributed by atoms with E-state index in [1.165, 1.54) is 37.0 Å². The molecule has 0 aliphatic carbocycles. The number of anilines is 1. The van der Waals surface area contributed by atoms with Crippen molar-refractivity contribution < 1.29 is 36.2 Å². The number of halogens is 5. The van der Waals surface area contributed by atoms with Crippen molar-refractivity contribution in [1.82, 2.24) is 24.6 Å². The van der Waals surface area contributed by atoms with Gasteiger partial charge in [-0.1, -0.05) is 35.3 Å². The SMILES string of the molecule is COc1ccc(CN(c2nn(C)c3c(-n4c(C(Cc5cc(F)cc(F)c5)NC(=O)O)nc5ccc(F)c(Cl)c5c4=O)ccc(Cl)c23)S(C)(=O)=O)cc1. The molecule has 18 heteroatoms. The Labute approximate surface area is 303 Å². The highest BCUT2D eigenvalue weighted by atomic mass is 35.5. The standard InChI is InChI=1S/C34H27Cl2F3N6O6S/c1-43-30-26(11-8-22(35)27(30)32(42-43)44(52(3,49)50)16-17-4-6-21(51-2)7-5-17)45-31(40-24-10-9-23(39)29(36)28(24)33(45)46)25(41-34(47)48)14-18-12-19(37)15-20(38)13-18/h4-13,15,25,41H,14,16H2,1-3H3,(H,47,48). The van der Waals surface area contributed by atoms with Gasteiger partial charge in [-0.2, -0.15) is 5.10 Å². The zero-order valence-corrected chi connectivity index (χ0v) is 29.7. The zero-order valence-electron chi connectivity index (χ0n) is 27.4. The quantitative estimate of drug-likeness (QED) is 0.160. The molecule has 6 aromatic rings. The van der Waals surface area contributed by atoms with E-state index in [-0.39, 0.29) is 56.3 Å². The number of nitrogens with zero attached hydrogens (tertiary/aromatic N) is 5. The van der Waals surface area contributed by atoms with Crippen molar-refractivity contribution in [3.63, 3.8) is 0 Å². The van der Waals surface area contributed by atoms with Crippen LogP contribution < -0.4 is 19.9 Å². The first kappa shape index (κ1) is 36.5. The number of benzene rings is 4. The lowest BCUT2D eigenvalue weighted by molar-refractivity contribution is 0.189. The Morgan fingerprint density at radius 1 is 1.00 bits per heavy atom. The van der Waals surface area contributed by atoms with Crippen LogP contribution in [0.15, 0.2) is 71.5 Å². The largest absolute Gasteiger partial charge is 0.497 e. The van der Waals surface area contributed by atoms with Crippen LogP contribution in [-0.2, 0) is 30.0 Å². The van der Waals surface area contributed by atoms with E-state index in [1.54, 1.807) is 24.3 Å². The predicted octanol–water partition coefficient (Wildman–Crippen LogP) is 6.52. The van der Waals surface area contributed by atoms with E-state index in [9.17, 15) is 36.3 Å². The Hall–Kier alpha value is -5.32. The lowest BCUT2D eigenvalue weighted by Crippen LogP contribution is -2.35. The summed E-state index contributed by atoms with van der Waals surface area (Å²) in [6.07, 6.45) is -0.977. The van der Waals surface area contributed by atoms with E-state index in [0.29, 0.717) is 17.4 Å². The van der Waals surface area contributed by atoms with Crippen molar-refractivity contribution in [2.45, 2.75) is 19.0 Å². The van der Waals surface area contributed by atoms with Gasteiger partial charge in [0, 0.05) is 19.5 Å². The van der Waals surface area contributed by atoms with Gasteiger partial charge < -0.3 is 15.2 Å². The molecule has 1 amide bonds. The highest BCUT2D eigenvalue weighted by molar-refractivity contribution is 7.92. The van der Waals surface area contributed by atoms with Crippen molar-refractivity contribution in [1.29, 1.82) is 0 Å². The van der Waals surface area contributed by atoms with Gasteiger partial charge in [-0.3, -0.25) is 14.0 Å². The second kappa shape index (κ2) is 14.0. The van der Waals surface area contributed by atoms with Crippen LogP contribution in [0.4, 0.5) is 23.8 Å². The molecule has 0 saturated carbocycles. The molecule has 2 N–H and O–H groups in total. The van der Waals surface area contributed by atoms with Crippen LogP contribution in [-0.4, -0.2) is 52.3 Å². The minimum absolute atomic E-state index is 0.0145. The first-order valence-electron chi connectivity index (χ1n) is 15.2. The van der Waals surface area contributed by atoms with Gasteiger partial charge in [0.2, 0.25) is 10.0 Å². The summed E-state index contributed by atoms with van der Waals surface area (Å²) in [7, 11) is -1.08. The average molecular weight is 776 g/mol. The van der Waals surface area contributed by atoms with Crippen LogP contribution in [0.2, 0.25) is 10.0 Å². The van der Waals surface area contributed by atoms with E-state index in [0.717, 1.165) is 33.3 Å². The Balaban J connectivity index is 1.65. The van der Waals surface area contributed by atoms with E-state index >= 15 is 0 Å². The number of carbonyl (C=O) groups is 1. The summed E-state index contributed by atoms with van der Waals surface area (Å²) < 4.78 is 78.3. The summed E-state index contributed by atoms with van der Waals surface area (Å²) in [4.78, 5) is 31.2. The molecule has 270 valence electrons. The number of rotatable bonds is 10. The normalized spacial score (nSPS) is 12.3. The first-order valence-corrected chi connectivity index (χ1v) is 17.8. The summed E-state index contributed by atoms with van der Waals surface area (Å²) in [6.45, 7) is -0.179. The Morgan fingerprint density at radius 2 is 1.67 bits per heavy atom. The molecule has 52 heavy (non-hydrogen) atoms. The number of ether oxygens (including phenoxy) is 1. The monoisotopic (exact) mass is 774 g/mol. The van der Waals surface area contributed by atoms with Gasteiger partial charge in [-0.15, -0.1) is 0 Å². The molecule has 2 heterocycles. The second-order valence-electron chi connectivity index (χ2n) is 11.7. The van der Waals surface area contributed by atoms with Crippen LogP contribution in [0.5, 0.6) is 5.75 Å². The second-order valence-corrected chi connectivity index (χ2v) is 14.4. The van der Waals surface area contributed by atoms with Gasteiger partial charge in [0.25, 0.3) is 5.56 Å². The molecule has 2 aromatic heterocycles. The third-order valence-electron chi connectivity index (χ3n) is 8.19. The molecule has 1 unspecified atom stereocenters. The van der Waals surface area contributed by atoms with Gasteiger partial charge >= 0.3 is 6.09 Å². The minimum Gasteiger partial charge on any atom is -0.497 e. The van der Waals surface area contributed by atoms with Crippen molar-refractivity contribution in [3.8, 4) is 11.4 Å². The maximum absolute atomic E-state index is 14.8. The molecular formula is C34H27Cl2F3N6O6S. The Bertz CT molecular complexity index is 2550. The van der Waals surface area contributed by atoms with Gasteiger partial charge in [-0.25, -0.2) is 35.7 Å². The van der Waals surface area contributed by atoms with Crippen molar-refractivity contribution in [2.24, 2.45) is 7.05 Å². The molecule has 0 radical (unpaired) electrons. The highest BCUT2D eigenvalue weighted by Crippen LogP contribution is 2.38. The first-order chi connectivity index (χ1) is 24.6. The molecule has 0 aliphatic rings. The minimum atomic E-state index is -4.04. The molecule has 0 fully saturated rings. The average Bonchev–Trinajstić information content (AvgIpc) is 3.41. The van der Waals surface area contributed by atoms with Crippen LogP contribution in [0.3, 0.4) is 0 Å². The number of aromatic nitrogens is 4. The van der Waals surface area contributed by atoms with Crippen molar-refractivity contribution >= 4 is 66.9 Å². The lowest BCUT2D eigenvalue weighted by Gasteiger charge is -2.23. The van der Waals surface area contributed by atoms with E-state index in [4.69, 9.17) is 27.9 Å². The van der Waals surface area contributed by atoms with Crippen molar-refractivity contribution in [3.05, 3.63) is 122 Å². The van der Waals surface area contributed by atoms with Crippen LogP contribution in [0.1, 0.15) is 23.0 Å². The van der Waals surface area contributed by atoms with E-state index in [2.05, 4.69) is 15.4 Å². The number of hydrogen-bond donors (Lipinski definition) is 2. The summed E-state index contributed by atoms with van der Waals surface area (Å²) >= 11 is 13.0. The number of carboxylic acid groups (broad SMARTS) is 1. The van der Waals surface area contributed by atoms with Gasteiger partial charge in [0.05, 0.1) is 63.5 Å². The number of amides is 1. The number of methoxy groups -OCH3 is 1. The fraction of sp³-hybridized carbons (Fsp3) is 0.176. The summed E-state index contributed by atoms with van der Waals surface area (Å²) in [5.41, 5.74) is -0.409. The lowest BCUT2D eigenvalue weighted by atomic mass is 10.0. The summed E-state index contributed by atoms with van der Waals surface area (Å²) in [6, 6.07) is 12.7. The number of hydrogen-bond acceptors (Lipinski definition) is 7. The molecule has 1 atom stereocenters. The topological polar surface area (TPSA) is 149 Å². The number of nitrogens with one attached hydrogen (secondary N) is 1. The third-order valence-corrected chi connectivity index (χ3v) is 9.97. The Kier molecular flexibility index (Phi) is 9.83. The predicted molar refractivity (Wildman–Crippen MR) is 190 cm³/mol. The van der Waals surface area contributed by atoms with Crippen LogP contribution >= 0.6 is 23.2 Å². The third kappa shape index (κ3) is 6.96. The molecule has 6 rings (SSSR count). The zero-order chi connectivity index (χ0) is 37.6. The Morgan fingerprint density at radius 3 is 2.29 bits per heavy atom. The summed E-state index contributed by atoms with van der Waals surface area (Å²) in [5, 5.41) is 15.8. The molecule has 0 saturated heterocycles.